The summed E-state index contributed by atoms with van der Waals surface area (Å²) in [6, 6.07) is 4.56. The van der Waals surface area contributed by atoms with Crippen molar-refractivity contribution in [1.82, 2.24) is 0 Å². The zero-order valence-electron chi connectivity index (χ0n) is 11.4. The second kappa shape index (κ2) is 6.64. The van der Waals surface area contributed by atoms with Crippen molar-refractivity contribution in [3.8, 4) is 0 Å². The zero-order chi connectivity index (χ0) is 13.7. The van der Waals surface area contributed by atoms with Crippen LogP contribution in [0.3, 0.4) is 0 Å². The summed E-state index contributed by atoms with van der Waals surface area (Å²) in [7, 11) is 0. The highest BCUT2D eigenvalue weighted by Crippen LogP contribution is 2.17. The van der Waals surface area contributed by atoms with E-state index in [-0.39, 0.29) is 23.9 Å². The third kappa shape index (κ3) is 4.22. The number of rotatable bonds is 6. The molecule has 1 unspecified atom stereocenters. The number of ketones is 1. The van der Waals surface area contributed by atoms with Crippen molar-refractivity contribution >= 4 is 5.78 Å². The fourth-order valence-corrected chi connectivity index (χ4v) is 2.09. The molecule has 0 saturated heterocycles. The number of halogens is 1. The fourth-order valence-electron chi connectivity index (χ4n) is 2.09. The van der Waals surface area contributed by atoms with Crippen molar-refractivity contribution < 1.29 is 9.18 Å². The molecule has 1 aromatic rings. The summed E-state index contributed by atoms with van der Waals surface area (Å²) in [4.78, 5) is 12.1. The molecule has 0 aliphatic heterocycles. The van der Waals surface area contributed by atoms with Gasteiger partial charge in [-0.05, 0) is 42.5 Å². The second-order valence-corrected chi connectivity index (χ2v) is 5.28. The van der Waals surface area contributed by atoms with Crippen LogP contribution in [-0.2, 0) is 11.2 Å². The normalized spacial score (nSPS) is 12.8. The van der Waals surface area contributed by atoms with E-state index in [2.05, 4.69) is 13.8 Å². The Morgan fingerprint density at radius 1 is 1.39 bits per heavy atom. The zero-order valence-corrected chi connectivity index (χ0v) is 11.4. The highest BCUT2D eigenvalue weighted by molar-refractivity contribution is 5.83. The van der Waals surface area contributed by atoms with Gasteiger partial charge in [-0.1, -0.05) is 19.9 Å². The minimum absolute atomic E-state index is 0.111. The van der Waals surface area contributed by atoms with Crippen LogP contribution in [-0.4, -0.2) is 12.3 Å². The van der Waals surface area contributed by atoms with Gasteiger partial charge in [-0.25, -0.2) is 4.39 Å². The van der Waals surface area contributed by atoms with E-state index in [0.717, 1.165) is 17.5 Å². The maximum absolute atomic E-state index is 13.2. The lowest BCUT2D eigenvalue weighted by Crippen LogP contribution is -2.26. The smallest absolute Gasteiger partial charge is 0.141 e. The van der Waals surface area contributed by atoms with Crippen molar-refractivity contribution in [3.63, 3.8) is 0 Å². The Morgan fingerprint density at radius 3 is 2.61 bits per heavy atom. The van der Waals surface area contributed by atoms with Crippen LogP contribution in [0.5, 0.6) is 0 Å². The van der Waals surface area contributed by atoms with Gasteiger partial charge in [0.05, 0.1) is 0 Å². The monoisotopic (exact) mass is 251 g/mol. The van der Waals surface area contributed by atoms with Crippen molar-refractivity contribution in [2.45, 2.75) is 33.6 Å². The molecule has 3 heteroatoms. The van der Waals surface area contributed by atoms with E-state index >= 15 is 0 Å². The van der Waals surface area contributed by atoms with Gasteiger partial charge in [0.15, 0.2) is 0 Å². The third-order valence-electron chi connectivity index (χ3n) is 3.17. The Labute approximate surface area is 108 Å². The average Bonchev–Trinajstić information content (AvgIpc) is 2.30. The Balaban J connectivity index is 2.76. The molecule has 0 aromatic heterocycles. The first kappa shape index (κ1) is 14.8. The largest absolute Gasteiger partial charge is 0.330 e. The van der Waals surface area contributed by atoms with Crippen molar-refractivity contribution in [2.24, 2.45) is 17.6 Å². The van der Waals surface area contributed by atoms with Crippen LogP contribution in [0.2, 0.25) is 0 Å². The van der Waals surface area contributed by atoms with E-state index in [9.17, 15) is 9.18 Å². The molecule has 0 bridgehead atoms. The molecule has 1 aromatic carbocycles. The Kier molecular flexibility index (Phi) is 5.48. The molecular weight excluding hydrogens is 229 g/mol. The Morgan fingerprint density at radius 2 is 2.06 bits per heavy atom. The van der Waals surface area contributed by atoms with Crippen LogP contribution < -0.4 is 5.73 Å². The molecule has 100 valence electrons. The number of carbonyl (C=O) groups excluding carboxylic acids is 1. The predicted molar refractivity (Wildman–Crippen MR) is 71.8 cm³/mol. The number of aryl methyl sites for hydroxylation is 1. The first-order valence-electron chi connectivity index (χ1n) is 6.41. The molecule has 2 N–H and O–H groups in total. The predicted octanol–water partition coefficient (Wildman–Crippen LogP) is 2.87. The summed E-state index contributed by atoms with van der Waals surface area (Å²) >= 11 is 0. The number of carbonyl (C=O) groups is 1. The summed E-state index contributed by atoms with van der Waals surface area (Å²) in [5.74, 6) is 0.139. The van der Waals surface area contributed by atoms with E-state index in [1.165, 1.54) is 12.1 Å². The van der Waals surface area contributed by atoms with Crippen LogP contribution in [0.25, 0.3) is 0 Å². The molecule has 1 rings (SSSR count). The SMILES string of the molecule is Cc1ccc(F)cc1CC(=O)C(CN)CC(C)C. The van der Waals surface area contributed by atoms with Crippen LogP contribution in [0.4, 0.5) is 4.39 Å². The molecule has 1 atom stereocenters. The second-order valence-electron chi connectivity index (χ2n) is 5.28. The van der Waals surface area contributed by atoms with Gasteiger partial charge in [0.1, 0.15) is 11.6 Å². The lowest BCUT2D eigenvalue weighted by atomic mass is 9.89. The van der Waals surface area contributed by atoms with Crippen molar-refractivity contribution in [3.05, 3.63) is 35.1 Å². The molecule has 0 heterocycles. The first-order chi connectivity index (χ1) is 8.43. The van der Waals surface area contributed by atoms with Crippen molar-refractivity contribution in [2.75, 3.05) is 6.54 Å². The third-order valence-corrected chi connectivity index (χ3v) is 3.17. The van der Waals surface area contributed by atoms with Gasteiger partial charge < -0.3 is 5.73 Å². The average molecular weight is 251 g/mol. The molecular formula is C15H22FNO. The van der Waals surface area contributed by atoms with Gasteiger partial charge in [0.2, 0.25) is 0 Å². The number of nitrogens with two attached hydrogens (primary N) is 1. The maximum Gasteiger partial charge on any atom is 0.141 e. The molecule has 2 nitrogen and oxygen atoms in total. The summed E-state index contributed by atoms with van der Waals surface area (Å²) < 4.78 is 13.2. The van der Waals surface area contributed by atoms with Gasteiger partial charge in [0.25, 0.3) is 0 Å². The topological polar surface area (TPSA) is 43.1 Å². The van der Waals surface area contributed by atoms with E-state index < -0.39 is 0 Å². The van der Waals surface area contributed by atoms with Crippen molar-refractivity contribution in [1.29, 1.82) is 0 Å². The van der Waals surface area contributed by atoms with Gasteiger partial charge in [-0.3, -0.25) is 4.79 Å². The standard InChI is InChI=1S/C15H22FNO/c1-10(2)6-13(9-17)15(18)8-12-7-14(16)5-4-11(12)3/h4-5,7,10,13H,6,8-9,17H2,1-3H3. The molecule has 0 fully saturated rings. The van der Waals surface area contributed by atoms with Gasteiger partial charge in [-0.2, -0.15) is 0 Å². The first-order valence-corrected chi connectivity index (χ1v) is 6.41. The summed E-state index contributed by atoms with van der Waals surface area (Å²) in [6.07, 6.45) is 1.07. The van der Waals surface area contributed by atoms with Gasteiger partial charge in [-0.15, -0.1) is 0 Å². The number of hydrogen-bond acceptors (Lipinski definition) is 2. The van der Waals surface area contributed by atoms with E-state index in [1.54, 1.807) is 6.07 Å². The summed E-state index contributed by atoms with van der Waals surface area (Å²) in [5, 5.41) is 0. The highest BCUT2D eigenvalue weighted by Gasteiger charge is 2.19. The minimum Gasteiger partial charge on any atom is -0.330 e. The van der Waals surface area contributed by atoms with Gasteiger partial charge >= 0.3 is 0 Å². The Hall–Kier alpha value is -1.22. The molecule has 0 aliphatic carbocycles. The number of Topliss-reactive ketones (excluding diaryl/α,β-unsaturated/α-hetero) is 1. The van der Waals surface area contributed by atoms with E-state index in [4.69, 9.17) is 5.73 Å². The van der Waals surface area contributed by atoms with E-state index in [0.29, 0.717) is 12.5 Å². The molecule has 0 radical (unpaired) electrons. The van der Waals surface area contributed by atoms with Crippen LogP contribution >= 0.6 is 0 Å². The van der Waals surface area contributed by atoms with Crippen LogP contribution in [0.15, 0.2) is 18.2 Å². The fraction of sp³-hybridized carbons (Fsp3) is 0.533. The van der Waals surface area contributed by atoms with E-state index in [1.807, 2.05) is 6.92 Å². The minimum atomic E-state index is -0.295. The van der Waals surface area contributed by atoms with Gasteiger partial charge in [0, 0.05) is 18.9 Å². The molecule has 0 aliphatic rings. The Bertz CT molecular complexity index is 415. The van der Waals surface area contributed by atoms with Crippen LogP contribution in [0.1, 0.15) is 31.4 Å². The quantitative estimate of drug-likeness (QED) is 0.844. The lowest BCUT2D eigenvalue weighted by molar-refractivity contribution is -0.122. The molecule has 0 amide bonds. The van der Waals surface area contributed by atoms with Crippen LogP contribution in [0, 0.1) is 24.6 Å². The number of hydrogen-bond donors (Lipinski definition) is 1. The lowest BCUT2D eigenvalue weighted by Gasteiger charge is -2.16. The summed E-state index contributed by atoms with van der Waals surface area (Å²) in [5.41, 5.74) is 7.36. The maximum atomic E-state index is 13.2. The number of benzene rings is 1. The highest BCUT2D eigenvalue weighted by atomic mass is 19.1. The molecule has 0 spiro atoms. The molecule has 18 heavy (non-hydrogen) atoms. The molecule has 0 saturated carbocycles. The summed E-state index contributed by atoms with van der Waals surface area (Å²) in [6.45, 7) is 6.40.